The van der Waals surface area contributed by atoms with Gasteiger partial charge in [-0.15, -0.1) is 0 Å². The Kier molecular flexibility index (Phi) is 31.5. The molecule has 0 aromatic rings. The molecule has 0 radical (unpaired) electrons. The molecule has 0 aromatic carbocycles. The van der Waals surface area contributed by atoms with Crippen molar-refractivity contribution in [2.45, 2.75) is 197 Å². The Bertz CT molecular complexity index is 1240. The van der Waals surface area contributed by atoms with Gasteiger partial charge in [0.15, 0.2) is 12.6 Å². The van der Waals surface area contributed by atoms with Crippen molar-refractivity contribution in [2.24, 2.45) is 0 Å². The van der Waals surface area contributed by atoms with E-state index in [0.717, 1.165) is 44.9 Å². The van der Waals surface area contributed by atoms with Crippen molar-refractivity contribution in [1.29, 1.82) is 0 Å². The number of aliphatic hydroxyl groups is 7. The first-order valence-corrected chi connectivity index (χ1v) is 22.9. The maximum Gasteiger partial charge on any atom is 0.310 e. The molecule has 0 aromatic heterocycles. The summed E-state index contributed by atoms with van der Waals surface area (Å²) in [4.78, 5) is 12.9. The Morgan fingerprint density at radius 1 is 0.541 bits per heavy atom. The van der Waals surface area contributed by atoms with Crippen LogP contribution in [0.5, 0.6) is 0 Å². The number of unbranched alkanes of at least 4 members (excludes halogenated alkanes) is 11. The molecule has 2 saturated heterocycles. The molecule has 14 nitrogen and oxygen atoms in total. The van der Waals surface area contributed by atoms with Gasteiger partial charge < -0.3 is 64.2 Å². The van der Waals surface area contributed by atoms with Gasteiger partial charge in [-0.25, -0.2) is 0 Å². The highest BCUT2D eigenvalue weighted by Crippen LogP contribution is 2.26. The van der Waals surface area contributed by atoms with Crippen molar-refractivity contribution < 1.29 is 69.0 Å². The molecule has 0 saturated carbocycles. The number of hydrogen-bond acceptors (Lipinski definition) is 14. The maximum atomic E-state index is 12.9. The van der Waals surface area contributed by atoms with E-state index in [-0.39, 0.29) is 19.6 Å². The monoisotopic (exact) mass is 869 g/mol. The minimum Gasteiger partial charge on any atom is -0.457 e. The molecule has 2 rings (SSSR count). The third kappa shape index (κ3) is 23.8. The molecule has 0 amide bonds. The molecule has 2 heterocycles. The number of ether oxygens (including phenoxy) is 6. The zero-order valence-corrected chi connectivity index (χ0v) is 36.9. The lowest BCUT2D eigenvalue weighted by Gasteiger charge is -2.42. The lowest BCUT2D eigenvalue weighted by Crippen LogP contribution is -2.61. The average molecular weight is 869 g/mol. The molecule has 61 heavy (non-hydrogen) atoms. The molecule has 2 aliphatic heterocycles. The highest BCUT2D eigenvalue weighted by atomic mass is 16.7. The molecule has 352 valence electrons. The van der Waals surface area contributed by atoms with Crippen molar-refractivity contribution in [3.05, 3.63) is 60.8 Å². The maximum absolute atomic E-state index is 12.9. The van der Waals surface area contributed by atoms with Gasteiger partial charge >= 0.3 is 5.97 Å². The van der Waals surface area contributed by atoms with Crippen molar-refractivity contribution in [1.82, 2.24) is 0 Å². The molecule has 2 aliphatic rings. The summed E-state index contributed by atoms with van der Waals surface area (Å²) in [6, 6.07) is 0. The highest BCUT2D eigenvalue weighted by molar-refractivity contribution is 5.71. The van der Waals surface area contributed by atoms with E-state index in [1.807, 2.05) is 12.2 Å². The molecule has 7 N–H and O–H groups in total. The largest absolute Gasteiger partial charge is 0.457 e. The normalized spacial score (nSPS) is 28.0. The Morgan fingerprint density at radius 3 is 1.52 bits per heavy atom. The van der Waals surface area contributed by atoms with E-state index in [4.69, 9.17) is 28.4 Å². The molecular weight excluding hydrogens is 789 g/mol. The minimum atomic E-state index is -1.72. The quantitative estimate of drug-likeness (QED) is 0.0245. The summed E-state index contributed by atoms with van der Waals surface area (Å²) >= 11 is 0. The molecule has 0 spiro atoms. The molecule has 11 atom stereocenters. The van der Waals surface area contributed by atoms with Crippen LogP contribution in [0.25, 0.3) is 0 Å². The van der Waals surface area contributed by atoms with Crippen LogP contribution in [0.3, 0.4) is 0 Å². The van der Waals surface area contributed by atoms with E-state index in [1.165, 1.54) is 57.8 Å². The number of aliphatic hydroxyl groups excluding tert-OH is 7. The number of esters is 1. The average Bonchev–Trinajstić information content (AvgIpc) is 3.25. The molecule has 2 fully saturated rings. The summed E-state index contributed by atoms with van der Waals surface area (Å²) in [5.74, 6) is -0.504. The van der Waals surface area contributed by atoms with E-state index in [1.54, 1.807) is 6.08 Å². The smallest absolute Gasteiger partial charge is 0.310 e. The number of carbonyl (C=O) groups excluding carboxylic acids is 1. The first-order valence-electron chi connectivity index (χ1n) is 22.9. The fraction of sp³-hybridized carbons (Fsp3) is 0.766. The van der Waals surface area contributed by atoms with Crippen LogP contribution in [0.15, 0.2) is 60.8 Å². The second kappa shape index (κ2) is 35.1. The lowest BCUT2D eigenvalue weighted by atomic mass is 9.98. The third-order valence-corrected chi connectivity index (χ3v) is 10.6. The minimum absolute atomic E-state index is 0.0209. The lowest BCUT2D eigenvalue weighted by molar-refractivity contribution is -0.332. The Balaban J connectivity index is 1.86. The molecule has 11 unspecified atom stereocenters. The van der Waals surface area contributed by atoms with E-state index in [0.29, 0.717) is 13.0 Å². The number of rotatable bonds is 34. The van der Waals surface area contributed by atoms with Crippen LogP contribution in [0.1, 0.15) is 129 Å². The number of hydrogen-bond donors (Lipinski definition) is 7. The van der Waals surface area contributed by atoms with Gasteiger partial charge in [0, 0.05) is 6.61 Å². The topological polar surface area (TPSA) is 214 Å². The number of allylic oxidation sites excluding steroid dienone is 9. The summed E-state index contributed by atoms with van der Waals surface area (Å²) in [6.45, 7) is 3.41. The van der Waals surface area contributed by atoms with Crippen LogP contribution in [-0.2, 0) is 33.2 Å². The second-order valence-electron chi connectivity index (χ2n) is 15.9. The Labute approximate surface area is 364 Å². The van der Waals surface area contributed by atoms with Gasteiger partial charge in [0.25, 0.3) is 0 Å². The Hall–Kier alpha value is -2.31. The SMILES string of the molecule is CC/C=C\C/C=C\C/C=C\C/C=C\C/C=C\CC(=O)OC(COCCCCCCCCCCCCCC)COC1OC(COC2OC(CO)C(O)C(O)C2O)C(O)C(O)C1O. The van der Waals surface area contributed by atoms with Gasteiger partial charge in [-0.05, 0) is 38.5 Å². The molecule has 0 bridgehead atoms. The first-order chi connectivity index (χ1) is 29.6. The van der Waals surface area contributed by atoms with Gasteiger partial charge in [-0.3, -0.25) is 4.79 Å². The predicted octanol–water partition coefficient (Wildman–Crippen LogP) is 5.40. The first kappa shape index (κ1) is 54.8. The summed E-state index contributed by atoms with van der Waals surface area (Å²) in [7, 11) is 0. The summed E-state index contributed by atoms with van der Waals surface area (Å²) in [5, 5.41) is 71.9. The third-order valence-electron chi connectivity index (χ3n) is 10.6. The van der Waals surface area contributed by atoms with Crippen molar-refractivity contribution in [3.8, 4) is 0 Å². The van der Waals surface area contributed by atoms with Gasteiger partial charge in [0.05, 0.1) is 32.8 Å². The van der Waals surface area contributed by atoms with Crippen LogP contribution < -0.4 is 0 Å². The fourth-order valence-electron chi connectivity index (χ4n) is 6.83. The summed E-state index contributed by atoms with van der Waals surface area (Å²) < 4.78 is 34.0. The Morgan fingerprint density at radius 2 is 1.00 bits per heavy atom. The van der Waals surface area contributed by atoms with E-state index in [2.05, 4.69) is 56.4 Å². The van der Waals surface area contributed by atoms with E-state index >= 15 is 0 Å². The van der Waals surface area contributed by atoms with Crippen LogP contribution in [-0.4, -0.2) is 142 Å². The van der Waals surface area contributed by atoms with Crippen LogP contribution >= 0.6 is 0 Å². The van der Waals surface area contributed by atoms with Gasteiger partial charge in [-0.2, -0.15) is 0 Å². The summed E-state index contributed by atoms with van der Waals surface area (Å²) in [5.41, 5.74) is 0. The van der Waals surface area contributed by atoms with Crippen molar-refractivity contribution in [3.63, 3.8) is 0 Å². The summed E-state index contributed by atoms with van der Waals surface area (Å²) in [6.07, 6.45) is 23.2. The van der Waals surface area contributed by atoms with E-state index in [9.17, 15) is 40.5 Å². The predicted molar refractivity (Wildman–Crippen MR) is 233 cm³/mol. The van der Waals surface area contributed by atoms with Crippen LogP contribution in [0, 0.1) is 0 Å². The fourth-order valence-corrected chi connectivity index (χ4v) is 6.83. The number of carbonyl (C=O) groups is 1. The van der Waals surface area contributed by atoms with Gasteiger partial charge in [0.2, 0.25) is 0 Å². The van der Waals surface area contributed by atoms with Gasteiger partial charge in [0.1, 0.15) is 54.9 Å². The van der Waals surface area contributed by atoms with Crippen molar-refractivity contribution >= 4 is 5.97 Å². The van der Waals surface area contributed by atoms with Crippen LogP contribution in [0.4, 0.5) is 0 Å². The standard InChI is InChI=1S/C47H80O14/c1-3-5-7-9-11-13-15-17-18-19-20-22-24-26-28-30-39(49)59-36(33-56-31-29-27-25-23-21-16-14-12-10-8-6-4-2)34-57-46-45(55)43(53)41(51)38(61-46)35-58-47-44(54)42(52)40(50)37(32-48)60-47/h5,7,11,13,17-18,20,22,26,28,36-38,40-48,50-55H,3-4,6,8-10,12,14-16,19,21,23-25,27,29-35H2,1-2H3/b7-5-,13-11-,18-17-,22-20-,28-26-. The highest BCUT2D eigenvalue weighted by Gasteiger charge is 2.47. The molecule has 0 aliphatic carbocycles. The molecular formula is C47H80O14. The van der Waals surface area contributed by atoms with Gasteiger partial charge in [-0.1, -0.05) is 145 Å². The zero-order chi connectivity index (χ0) is 44.5. The zero-order valence-electron chi connectivity index (χ0n) is 36.9. The second-order valence-corrected chi connectivity index (χ2v) is 15.9. The van der Waals surface area contributed by atoms with E-state index < -0.39 is 86.7 Å². The van der Waals surface area contributed by atoms with Crippen molar-refractivity contribution in [2.75, 3.05) is 33.0 Å². The van der Waals surface area contributed by atoms with Crippen LogP contribution in [0.2, 0.25) is 0 Å². The molecule has 14 heteroatoms.